The van der Waals surface area contributed by atoms with E-state index in [1.54, 1.807) is 6.20 Å². The molecule has 0 amide bonds. The number of hydrogen-bond donors (Lipinski definition) is 1. The molecule has 2 aromatic heterocycles. The van der Waals surface area contributed by atoms with Crippen LogP contribution in [0, 0.1) is 0 Å². The second kappa shape index (κ2) is 8.29. The smallest absolute Gasteiger partial charge is 0.179 e. The first-order chi connectivity index (χ1) is 12.9. The molecule has 0 fully saturated rings. The van der Waals surface area contributed by atoms with Gasteiger partial charge in [0.2, 0.25) is 0 Å². The maximum Gasteiger partial charge on any atom is 0.179 e. The molecule has 0 aromatic carbocycles. The standard InChI is InChI=1S/C11H14N2O.C10H13NO2/c1-7(2)9-4-5-10-11(13-9)12-8(3)6-14-10;1-7(2)8-5-9-10(6-11-8)13-4-3-12-9/h4-5,7H,3,6H2,1-2H3,(H,12,13);5-7H,3-4H2,1-2H3. The highest BCUT2D eigenvalue weighted by Gasteiger charge is 2.15. The van der Waals surface area contributed by atoms with Crippen molar-refractivity contribution in [2.24, 2.45) is 0 Å². The minimum atomic E-state index is 0.427. The van der Waals surface area contributed by atoms with Crippen LogP contribution in [0.1, 0.15) is 50.9 Å². The van der Waals surface area contributed by atoms with Crippen LogP contribution in [0.25, 0.3) is 0 Å². The Balaban J connectivity index is 0.000000156. The third-order valence-electron chi connectivity index (χ3n) is 4.21. The molecule has 4 heterocycles. The van der Waals surface area contributed by atoms with Gasteiger partial charge in [0.1, 0.15) is 19.8 Å². The molecule has 1 N–H and O–H groups in total. The van der Waals surface area contributed by atoms with Crippen LogP contribution in [0.3, 0.4) is 0 Å². The predicted molar refractivity (Wildman–Crippen MR) is 106 cm³/mol. The van der Waals surface area contributed by atoms with Crippen LogP contribution < -0.4 is 19.5 Å². The summed E-state index contributed by atoms with van der Waals surface area (Å²) in [7, 11) is 0. The van der Waals surface area contributed by atoms with Gasteiger partial charge in [-0.1, -0.05) is 34.3 Å². The van der Waals surface area contributed by atoms with Gasteiger partial charge >= 0.3 is 0 Å². The van der Waals surface area contributed by atoms with Crippen LogP contribution in [-0.4, -0.2) is 29.8 Å². The summed E-state index contributed by atoms with van der Waals surface area (Å²) >= 11 is 0. The Kier molecular flexibility index (Phi) is 5.84. The molecule has 2 aromatic rings. The fraction of sp³-hybridized carbons (Fsp3) is 0.429. The van der Waals surface area contributed by atoms with E-state index in [4.69, 9.17) is 14.2 Å². The van der Waals surface area contributed by atoms with E-state index in [-0.39, 0.29) is 0 Å². The van der Waals surface area contributed by atoms with Crippen LogP contribution in [0.15, 0.2) is 36.7 Å². The second-order valence-corrected chi connectivity index (χ2v) is 7.16. The normalized spacial score (nSPS) is 14.7. The molecular formula is C21H27N3O3. The highest BCUT2D eigenvalue weighted by molar-refractivity contribution is 5.56. The topological polar surface area (TPSA) is 65.5 Å². The summed E-state index contributed by atoms with van der Waals surface area (Å²) in [5.74, 6) is 4.03. The van der Waals surface area contributed by atoms with E-state index in [9.17, 15) is 0 Å². The Hall–Kier alpha value is -2.76. The number of rotatable bonds is 2. The Labute approximate surface area is 160 Å². The summed E-state index contributed by atoms with van der Waals surface area (Å²) in [6, 6.07) is 5.91. The molecule has 0 bridgehead atoms. The minimum absolute atomic E-state index is 0.427. The monoisotopic (exact) mass is 369 g/mol. The third-order valence-corrected chi connectivity index (χ3v) is 4.21. The molecule has 0 aliphatic carbocycles. The lowest BCUT2D eigenvalue weighted by molar-refractivity contribution is 0.170. The van der Waals surface area contributed by atoms with Crippen molar-refractivity contribution in [2.45, 2.75) is 39.5 Å². The van der Waals surface area contributed by atoms with Gasteiger partial charge in [0.05, 0.1) is 6.20 Å². The molecular weight excluding hydrogens is 342 g/mol. The average Bonchev–Trinajstić information content (AvgIpc) is 2.67. The summed E-state index contributed by atoms with van der Waals surface area (Å²) in [6.45, 7) is 14.0. The quantitative estimate of drug-likeness (QED) is 0.841. The van der Waals surface area contributed by atoms with Gasteiger partial charge in [0.15, 0.2) is 23.1 Å². The number of ether oxygens (including phenoxy) is 3. The second-order valence-electron chi connectivity index (χ2n) is 7.16. The highest BCUT2D eigenvalue weighted by Crippen LogP contribution is 2.31. The van der Waals surface area contributed by atoms with E-state index in [0.717, 1.165) is 40.2 Å². The molecule has 144 valence electrons. The first kappa shape index (κ1) is 19.0. The average molecular weight is 369 g/mol. The van der Waals surface area contributed by atoms with Crippen molar-refractivity contribution >= 4 is 5.82 Å². The molecule has 0 saturated heterocycles. The molecule has 0 saturated carbocycles. The number of aromatic nitrogens is 2. The van der Waals surface area contributed by atoms with Crippen molar-refractivity contribution in [1.82, 2.24) is 9.97 Å². The van der Waals surface area contributed by atoms with E-state index in [1.807, 2.05) is 18.2 Å². The van der Waals surface area contributed by atoms with Crippen molar-refractivity contribution in [2.75, 3.05) is 25.1 Å². The molecule has 27 heavy (non-hydrogen) atoms. The van der Waals surface area contributed by atoms with Crippen molar-refractivity contribution < 1.29 is 14.2 Å². The summed E-state index contributed by atoms with van der Waals surface area (Å²) in [6.07, 6.45) is 1.74. The number of nitrogens with zero attached hydrogens (tertiary/aromatic N) is 2. The zero-order valence-electron chi connectivity index (χ0n) is 16.4. The van der Waals surface area contributed by atoms with Gasteiger partial charge in [0, 0.05) is 23.2 Å². The largest absolute Gasteiger partial charge is 0.486 e. The van der Waals surface area contributed by atoms with E-state index >= 15 is 0 Å². The maximum atomic E-state index is 5.45. The molecule has 0 spiro atoms. The summed E-state index contributed by atoms with van der Waals surface area (Å²) < 4.78 is 16.3. The SMILES string of the molecule is C=C1COc2ccc(C(C)C)nc2N1.CC(C)c1cc2c(cn1)OCCO2. The Morgan fingerprint density at radius 1 is 0.926 bits per heavy atom. The van der Waals surface area contributed by atoms with Gasteiger partial charge < -0.3 is 19.5 Å². The third kappa shape index (κ3) is 4.70. The fourth-order valence-electron chi connectivity index (χ4n) is 2.64. The lowest BCUT2D eigenvalue weighted by Crippen LogP contribution is -2.16. The summed E-state index contributed by atoms with van der Waals surface area (Å²) in [5.41, 5.74) is 2.96. The van der Waals surface area contributed by atoms with Gasteiger partial charge in [-0.25, -0.2) is 4.98 Å². The molecule has 6 nitrogen and oxygen atoms in total. The number of hydrogen-bond acceptors (Lipinski definition) is 6. The van der Waals surface area contributed by atoms with E-state index < -0.39 is 0 Å². The van der Waals surface area contributed by atoms with E-state index in [2.05, 4.69) is 49.6 Å². The van der Waals surface area contributed by atoms with Crippen molar-refractivity contribution in [3.63, 3.8) is 0 Å². The Morgan fingerprint density at radius 3 is 2.33 bits per heavy atom. The molecule has 2 aliphatic heterocycles. The Bertz CT molecular complexity index is 818. The Morgan fingerprint density at radius 2 is 1.63 bits per heavy atom. The first-order valence-electron chi connectivity index (χ1n) is 9.28. The van der Waals surface area contributed by atoms with Crippen LogP contribution in [-0.2, 0) is 0 Å². The zero-order chi connectivity index (χ0) is 19.4. The number of anilines is 1. The van der Waals surface area contributed by atoms with Crippen molar-refractivity contribution in [1.29, 1.82) is 0 Å². The molecule has 6 heteroatoms. The lowest BCUT2D eigenvalue weighted by atomic mass is 10.1. The maximum absolute atomic E-state index is 5.45. The van der Waals surface area contributed by atoms with Crippen molar-refractivity contribution in [3.8, 4) is 17.2 Å². The number of fused-ring (bicyclic) bond motifs is 2. The van der Waals surface area contributed by atoms with Gasteiger partial charge in [-0.3, -0.25) is 4.98 Å². The first-order valence-corrected chi connectivity index (χ1v) is 9.28. The molecule has 0 radical (unpaired) electrons. The van der Waals surface area contributed by atoms with Crippen LogP contribution in [0.2, 0.25) is 0 Å². The molecule has 0 atom stereocenters. The van der Waals surface area contributed by atoms with Gasteiger partial charge in [-0.2, -0.15) is 0 Å². The van der Waals surface area contributed by atoms with Gasteiger partial charge in [-0.05, 0) is 24.0 Å². The van der Waals surface area contributed by atoms with Crippen LogP contribution >= 0.6 is 0 Å². The minimum Gasteiger partial charge on any atom is -0.486 e. The van der Waals surface area contributed by atoms with Gasteiger partial charge in [-0.15, -0.1) is 0 Å². The predicted octanol–water partition coefficient (Wildman–Crippen LogP) is 4.50. The van der Waals surface area contributed by atoms with E-state index in [1.165, 1.54) is 0 Å². The number of nitrogens with one attached hydrogen (secondary N) is 1. The lowest BCUT2D eigenvalue weighted by Gasteiger charge is -2.20. The molecule has 2 aliphatic rings. The summed E-state index contributed by atoms with van der Waals surface area (Å²) in [4.78, 5) is 8.75. The van der Waals surface area contributed by atoms with Crippen LogP contribution in [0.4, 0.5) is 5.82 Å². The van der Waals surface area contributed by atoms with Crippen molar-refractivity contribution in [3.05, 3.63) is 48.1 Å². The van der Waals surface area contributed by atoms with Crippen LogP contribution in [0.5, 0.6) is 17.2 Å². The van der Waals surface area contributed by atoms with E-state index in [0.29, 0.717) is 31.7 Å². The highest BCUT2D eigenvalue weighted by atomic mass is 16.6. The number of pyridine rings is 2. The molecule has 0 unspecified atom stereocenters. The molecule has 4 rings (SSSR count). The zero-order valence-corrected chi connectivity index (χ0v) is 16.4. The van der Waals surface area contributed by atoms with Gasteiger partial charge in [0.25, 0.3) is 0 Å². The fourth-order valence-corrected chi connectivity index (χ4v) is 2.64. The summed E-state index contributed by atoms with van der Waals surface area (Å²) in [5, 5.41) is 3.12.